The molecule has 0 spiro atoms. The summed E-state index contributed by atoms with van der Waals surface area (Å²) in [6.45, 7) is 4.38. The van der Waals surface area contributed by atoms with E-state index in [0.717, 1.165) is 25.7 Å². The third-order valence-electron chi connectivity index (χ3n) is 3.29. The highest BCUT2D eigenvalue weighted by atomic mass is 16.5. The van der Waals surface area contributed by atoms with E-state index in [1.165, 1.54) is 0 Å². The van der Waals surface area contributed by atoms with Crippen LogP contribution in [0.1, 0.15) is 52.4 Å². The summed E-state index contributed by atoms with van der Waals surface area (Å²) in [6.07, 6.45) is 4.04. The Morgan fingerprint density at radius 1 is 1.24 bits per heavy atom. The third kappa shape index (κ3) is 4.75. The lowest BCUT2D eigenvalue weighted by molar-refractivity contribution is -0.149. The summed E-state index contributed by atoms with van der Waals surface area (Å²) in [4.78, 5) is 22.5. The molecule has 17 heavy (non-hydrogen) atoms. The largest absolute Gasteiger partial charge is 0.481 e. The van der Waals surface area contributed by atoms with Crippen molar-refractivity contribution in [3.63, 3.8) is 0 Å². The standard InChI is InChI=1S/C13H22O4/c1-10(2)9-17-12(16)8-13(7-11(14)15)5-3-4-6-13/h10H,3-9H2,1-2H3,(H,14,15). The Bertz CT molecular complexity index is 277. The molecule has 0 radical (unpaired) electrons. The molecule has 1 aliphatic rings. The highest BCUT2D eigenvalue weighted by Gasteiger charge is 2.38. The molecule has 0 bridgehead atoms. The van der Waals surface area contributed by atoms with Gasteiger partial charge in [-0.2, -0.15) is 0 Å². The fourth-order valence-corrected chi connectivity index (χ4v) is 2.48. The predicted molar refractivity (Wildman–Crippen MR) is 63.6 cm³/mol. The van der Waals surface area contributed by atoms with E-state index >= 15 is 0 Å². The number of carboxylic acids is 1. The fraction of sp³-hybridized carbons (Fsp3) is 0.846. The second-order valence-electron chi connectivity index (χ2n) is 5.53. The van der Waals surface area contributed by atoms with Gasteiger partial charge in [-0.05, 0) is 24.2 Å². The minimum absolute atomic E-state index is 0.0871. The van der Waals surface area contributed by atoms with E-state index in [2.05, 4.69) is 0 Å². The van der Waals surface area contributed by atoms with Crippen LogP contribution in [0.3, 0.4) is 0 Å². The number of hydrogen-bond donors (Lipinski definition) is 1. The Hall–Kier alpha value is -1.06. The lowest BCUT2D eigenvalue weighted by Gasteiger charge is -2.25. The monoisotopic (exact) mass is 242 g/mol. The molecule has 0 unspecified atom stereocenters. The molecule has 0 saturated heterocycles. The molecule has 1 fully saturated rings. The van der Waals surface area contributed by atoms with E-state index in [1.54, 1.807) is 0 Å². The van der Waals surface area contributed by atoms with Crippen molar-refractivity contribution in [3.8, 4) is 0 Å². The first-order valence-corrected chi connectivity index (χ1v) is 6.31. The number of aliphatic carboxylic acids is 1. The summed E-state index contributed by atoms with van der Waals surface area (Å²) in [6, 6.07) is 0. The number of rotatable bonds is 6. The van der Waals surface area contributed by atoms with Gasteiger partial charge in [0, 0.05) is 0 Å². The van der Waals surface area contributed by atoms with Gasteiger partial charge in [0.25, 0.3) is 0 Å². The molecule has 4 nitrogen and oxygen atoms in total. The SMILES string of the molecule is CC(C)COC(=O)CC1(CC(=O)O)CCCC1. The molecule has 0 aromatic heterocycles. The first-order chi connectivity index (χ1) is 7.93. The van der Waals surface area contributed by atoms with Crippen LogP contribution in [0.5, 0.6) is 0 Å². The topological polar surface area (TPSA) is 63.6 Å². The predicted octanol–water partition coefficient (Wildman–Crippen LogP) is 2.61. The van der Waals surface area contributed by atoms with Crippen LogP contribution in [0.4, 0.5) is 0 Å². The molecule has 98 valence electrons. The van der Waals surface area contributed by atoms with Crippen LogP contribution in [0.25, 0.3) is 0 Å². The zero-order chi connectivity index (χ0) is 12.9. The Morgan fingerprint density at radius 3 is 2.29 bits per heavy atom. The third-order valence-corrected chi connectivity index (χ3v) is 3.29. The van der Waals surface area contributed by atoms with Crippen LogP contribution in [0.15, 0.2) is 0 Å². The maximum Gasteiger partial charge on any atom is 0.306 e. The fourth-order valence-electron chi connectivity index (χ4n) is 2.48. The molecule has 0 aliphatic heterocycles. The first kappa shape index (κ1) is 14.0. The van der Waals surface area contributed by atoms with Crippen molar-refractivity contribution in [1.82, 2.24) is 0 Å². The molecule has 0 amide bonds. The molecule has 1 rings (SSSR count). The van der Waals surface area contributed by atoms with E-state index in [4.69, 9.17) is 9.84 Å². The molecule has 0 aromatic rings. The van der Waals surface area contributed by atoms with Crippen molar-refractivity contribution in [1.29, 1.82) is 0 Å². The van der Waals surface area contributed by atoms with Crippen molar-refractivity contribution >= 4 is 11.9 Å². The minimum atomic E-state index is -0.816. The van der Waals surface area contributed by atoms with E-state index < -0.39 is 5.97 Å². The molecular weight excluding hydrogens is 220 g/mol. The Morgan fingerprint density at radius 2 is 1.82 bits per heavy atom. The Balaban J connectivity index is 2.49. The van der Waals surface area contributed by atoms with Gasteiger partial charge in [-0.1, -0.05) is 26.7 Å². The van der Waals surface area contributed by atoms with E-state index in [9.17, 15) is 9.59 Å². The quantitative estimate of drug-likeness (QED) is 0.727. The van der Waals surface area contributed by atoms with Gasteiger partial charge >= 0.3 is 11.9 Å². The highest BCUT2D eigenvalue weighted by molar-refractivity contribution is 5.73. The molecule has 4 heteroatoms. The Kier molecular flexibility index (Phi) is 4.97. The number of carbonyl (C=O) groups is 2. The summed E-state index contributed by atoms with van der Waals surface area (Å²) in [5.41, 5.74) is -0.347. The normalized spacial score (nSPS) is 18.3. The number of hydrogen-bond acceptors (Lipinski definition) is 3. The molecule has 1 N–H and O–H groups in total. The van der Waals surface area contributed by atoms with E-state index in [0.29, 0.717) is 12.5 Å². The molecule has 1 aliphatic carbocycles. The first-order valence-electron chi connectivity index (χ1n) is 6.31. The van der Waals surface area contributed by atoms with Gasteiger partial charge in [-0.3, -0.25) is 9.59 Å². The summed E-state index contributed by atoms with van der Waals surface area (Å²) >= 11 is 0. The van der Waals surface area contributed by atoms with Crippen LogP contribution in [0.2, 0.25) is 0 Å². The van der Waals surface area contributed by atoms with Crippen LogP contribution in [-0.2, 0) is 14.3 Å². The van der Waals surface area contributed by atoms with Gasteiger partial charge in [-0.25, -0.2) is 0 Å². The zero-order valence-electron chi connectivity index (χ0n) is 10.7. The maximum absolute atomic E-state index is 11.7. The second-order valence-corrected chi connectivity index (χ2v) is 5.53. The van der Waals surface area contributed by atoms with Crippen molar-refractivity contribution in [2.75, 3.05) is 6.61 Å². The average molecular weight is 242 g/mol. The van der Waals surface area contributed by atoms with Gasteiger partial charge in [0.2, 0.25) is 0 Å². The minimum Gasteiger partial charge on any atom is -0.481 e. The zero-order valence-corrected chi connectivity index (χ0v) is 10.7. The van der Waals surface area contributed by atoms with Crippen LogP contribution < -0.4 is 0 Å². The number of carbonyl (C=O) groups excluding carboxylic acids is 1. The highest BCUT2D eigenvalue weighted by Crippen LogP contribution is 2.44. The number of ether oxygens (including phenoxy) is 1. The summed E-state index contributed by atoms with van der Waals surface area (Å²) in [7, 11) is 0. The van der Waals surface area contributed by atoms with E-state index in [1.807, 2.05) is 13.8 Å². The van der Waals surface area contributed by atoms with Crippen LogP contribution >= 0.6 is 0 Å². The van der Waals surface area contributed by atoms with Crippen molar-refractivity contribution in [2.24, 2.45) is 11.3 Å². The van der Waals surface area contributed by atoms with Gasteiger partial charge in [-0.15, -0.1) is 0 Å². The maximum atomic E-state index is 11.7. The summed E-state index contributed by atoms with van der Waals surface area (Å²) in [5, 5.41) is 8.92. The Labute approximate surface area is 102 Å². The lowest BCUT2D eigenvalue weighted by atomic mass is 9.79. The molecular formula is C13H22O4. The smallest absolute Gasteiger partial charge is 0.306 e. The number of carboxylic acid groups (broad SMARTS) is 1. The second kappa shape index (κ2) is 6.03. The summed E-state index contributed by atoms with van der Waals surface area (Å²) in [5.74, 6) is -0.747. The van der Waals surface area contributed by atoms with E-state index in [-0.39, 0.29) is 24.2 Å². The summed E-state index contributed by atoms with van der Waals surface area (Å²) < 4.78 is 5.14. The van der Waals surface area contributed by atoms with Gasteiger partial charge in [0.05, 0.1) is 19.4 Å². The van der Waals surface area contributed by atoms with Crippen molar-refractivity contribution < 1.29 is 19.4 Å². The molecule has 0 atom stereocenters. The van der Waals surface area contributed by atoms with Gasteiger partial charge in [0.15, 0.2) is 0 Å². The van der Waals surface area contributed by atoms with Gasteiger partial charge < -0.3 is 9.84 Å². The van der Waals surface area contributed by atoms with Crippen molar-refractivity contribution in [2.45, 2.75) is 52.4 Å². The van der Waals surface area contributed by atoms with Crippen molar-refractivity contribution in [3.05, 3.63) is 0 Å². The van der Waals surface area contributed by atoms with Crippen LogP contribution in [-0.4, -0.2) is 23.7 Å². The molecule has 0 aromatic carbocycles. The van der Waals surface area contributed by atoms with Gasteiger partial charge in [0.1, 0.15) is 0 Å². The molecule has 1 saturated carbocycles. The lowest BCUT2D eigenvalue weighted by Crippen LogP contribution is -2.26. The average Bonchev–Trinajstić information content (AvgIpc) is 2.62. The molecule has 0 heterocycles. The van der Waals surface area contributed by atoms with Crippen LogP contribution in [0, 0.1) is 11.3 Å². The number of esters is 1.